The Balaban J connectivity index is 2.57. The zero-order valence-corrected chi connectivity index (χ0v) is 10.3. The number of carbonyl (C=O) groups is 2. The summed E-state index contributed by atoms with van der Waals surface area (Å²) >= 11 is 5.56. The van der Waals surface area contributed by atoms with Gasteiger partial charge in [-0.15, -0.1) is 0 Å². The molecular weight excluding hydrogens is 246 g/mol. The Labute approximate surface area is 104 Å². The van der Waals surface area contributed by atoms with Crippen LogP contribution in [0.3, 0.4) is 0 Å². The van der Waals surface area contributed by atoms with Crippen molar-refractivity contribution in [3.8, 4) is 0 Å². The molecule has 0 N–H and O–H groups in total. The Hall–Kier alpha value is -1.69. The number of hydrogen-bond donors (Lipinski definition) is 0. The number of rotatable bonds is 4. The van der Waals surface area contributed by atoms with Gasteiger partial charge in [-0.05, 0) is 0 Å². The van der Waals surface area contributed by atoms with Crippen LogP contribution >= 0.6 is 11.6 Å². The van der Waals surface area contributed by atoms with Crippen LogP contribution in [0.2, 0.25) is 5.15 Å². The first-order valence-electron chi connectivity index (χ1n) is 4.84. The van der Waals surface area contributed by atoms with Gasteiger partial charge in [-0.25, -0.2) is 9.97 Å². The van der Waals surface area contributed by atoms with E-state index in [1.807, 2.05) is 0 Å². The number of amides is 1. The highest BCUT2D eigenvalue weighted by Gasteiger charge is 2.14. The number of nitrogens with zero attached hydrogens (tertiary/aromatic N) is 3. The van der Waals surface area contributed by atoms with Gasteiger partial charge in [0, 0.05) is 13.6 Å². The number of hydrogen-bond acceptors (Lipinski definition) is 5. The number of esters is 1. The monoisotopic (exact) mass is 257 g/mol. The van der Waals surface area contributed by atoms with Crippen molar-refractivity contribution in [2.75, 3.05) is 20.7 Å². The minimum absolute atomic E-state index is 0.139. The van der Waals surface area contributed by atoms with E-state index in [0.717, 1.165) is 0 Å². The molecule has 0 bridgehead atoms. The van der Waals surface area contributed by atoms with Crippen molar-refractivity contribution >= 4 is 23.5 Å². The highest BCUT2D eigenvalue weighted by atomic mass is 35.5. The highest BCUT2D eigenvalue weighted by molar-refractivity contribution is 6.29. The third-order valence-corrected chi connectivity index (χ3v) is 2.26. The molecule has 17 heavy (non-hydrogen) atoms. The van der Waals surface area contributed by atoms with E-state index in [1.165, 1.54) is 24.4 Å². The second-order valence-electron chi connectivity index (χ2n) is 3.28. The van der Waals surface area contributed by atoms with Crippen LogP contribution in [0.1, 0.15) is 16.9 Å². The van der Waals surface area contributed by atoms with Crippen LogP contribution in [-0.4, -0.2) is 47.4 Å². The number of methoxy groups -OCH3 is 1. The Bertz CT molecular complexity index is 408. The third-order valence-electron chi connectivity index (χ3n) is 2.07. The molecule has 7 heteroatoms. The van der Waals surface area contributed by atoms with Gasteiger partial charge in [0.2, 0.25) is 0 Å². The van der Waals surface area contributed by atoms with Gasteiger partial charge in [0.1, 0.15) is 10.8 Å². The van der Waals surface area contributed by atoms with Crippen LogP contribution in [0.15, 0.2) is 12.4 Å². The average molecular weight is 258 g/mol. The molecule has 0 aliphatic rings. The molecule has 0 spiro atoms. The number of carbonyl (C=O) groups excluding carboxylic acids is 2. The summed E-state index contributed by atoms with van der Waals surface area (Å²) in [5.41, 5.74) is 0.182. The van der Waals surface area contributed by atoms with Crippen molar-refractivity contribution in [1.29, 1.82) is 0 Å². The van der Waals surface area contributed by atoms with Crippen LogP contribution in [0.25, 0.3) is 0 Å². The van der Waals surface area contributed by atoms with Gasteiger partial charge < -0.3 is 9.64 Å². The van der Waals surface area contributed by atoms with Crippen LogP contribution in [0, 0.1) is 0 Å². The van der Waals surface area contributed by atoms with E-state index in [9.17, 15) is 9.59 Å². The molecule has 1 rings (SSSR count). The fraction of sp³-hybridized carbons (Fsp3) is 0.400. The normalized spacial score (nSPS) is 9.82. The first kappa shape index (κ1) is 13.4. The van der Waals surface area contributed by atoms with Crippen molar-refractivity contribution in [3.63, 3.8) is 0 Å². The predicted octanol–water partition coefficient (Wildman–Crippen LogP) is 0.765. The zero-order chi connectivity index (χ0) is 12.8. The lowest BCUT2D eigenvalue weighted by molar-refractivity contribution is -0.140. The molecular formula is C10H12ClN3O3. The van der Waals surface area contributed by atoms with Gasteiger partial charge in [0.15, 0.2) is 0 Å². The Morgan fingerprint density at radius 2 is 2.12 bits per heavy atom. The quantitative estimate of drug-likeness (QED) is 0.745. The Morgan fingerprint density at radius 3 is 2.65 bits per heavy atom. The molecule has 0 aromatic carbocycles. The highest BCUT2D eigenvalue weighted by Crippen LogP contribution is 2.04. The fourth-order valence-corrected chi connectivity index (χ4v) is 1.18. The molecule has 1 amide bonds. The summed E-state index contributed by atoms with van der Waals surface area (Å²) in [5.74, 6) is -0.690. The summed E-state index contributed by atoms with van der Waals surface area (Å²) in [6.45, 7) is 0.260. The van der Waals surface area contributed by atoms with Gasteiger partial charge in [-0.3, -0.25) is 9.59 Å². The molecule has 0 fully saturated rings. The lowest BCUT2D eigenvalue weighted by atomic mass is 10.3. The SMILES string of the molecule is COC(=O)CCN(C)C(=O)c1cnc(Cl)cn1. The van der Waals surface area contributed by atoms with Crippen molar-refractivity contribution in [2.45, 2.75) is 6.42 Å². The second kappa shape index (κ2) is 6.15. The first-order valence-corrected chi connectivity index (χ1v) is 5.22. The van der Waals surface area contributed by atoms with Gasteiger partial charge in [-0.2, -0.15) is 0 Å². The topological polar surface area (TPSA) is 72.4 Å². The van der Waals surface area contributed by atoms with Crippen LogP contribution in [-0.2, 0) is 9.53 Å². The Morgan fingerprint density at radius 1 is 1.41 bits per heavy atom. The maximum absolute atomic E-state index is 11.8. The van der Waals surface area contributed by atoms with Crippen molar-refractivity contribution in [2.24, 2.45) is 0 Å². The van der Waals surface area contributed by atoms with Gasteiger partial charge in [0.25, 0.3) is 5.91 Å². The molecule has 0 saturated heterocycles. The molecule has 1 aromatic heterocycles. The molecule has 0 saturated carbocycles. The zero-order valence-electron chi connectivity index (χ0n) is 9.51. The van der Waals surface area contributed by atoms with E-state index in [2.05, 4.69) is 14.7 Å². The molecule has 1 aromatic rings. The van der Waals surface area contributed by atoms with Crippen molar-refractivity contribution in [1.82, 2.24) is 14.9 Å². The van der Waals surface area contributed by atoms with Crippen LogP contribution < -0.4 is 0 Å². The Kier molecular flexibility index (Phi) is 4.84. The summed E-state index contributed by atoms with van der Waals surface area (Å²) in [5, 5.41) is 0.221. The lowest BCUT2D eigenvalue weighted by Crippen LogP contribution is -2.30. The van der Waals surface area contributed by atoms with Gasteiger partial charge in [-0.1, -0.05) is 11.6 Å². The van der Waals surface area contributed by atoms with Crippen LogP contribution in [0.4, 0.5) is 0 Å². The minimum atomic E-state index is -0.369. The summed E-state index contributed by atoms with van der Waals surface area (Å²) in [6, 6.07) is 0. The average Bonchev–Trinajstić information content (AvgIpc) is 2.35. The molecule has 0 aliphatic heterocycles. The second-order valence-corrected chi connectivity index (χ2v) is 3.66. The van der Waals surface area contributed by atoms with Crippen molar-refractivity contribution < 1.29 is 14.3 Å². The fourth-order valence-electron chi connectivity index (χ4n) is 1.08. The first-order chi connectivity index (χ1) is 8.04. The summed E-state index contributed by atoms with van der Waals surface area (Å²) < 4.78 is 4.48. The molecule has 0 radical (unpaired) electrons. The number of halogens is 1. The van der Waals surface area contributed by atoms with Gasteiger partial charge >= 0.3 is 5.97 Å². The maximum Gasteiger partial charge on any atom is 0.307 e. The standard InChI is InChI=1S/C10H12ClN3O3/c1-14(4-3-9(15)17-2)10(16)7-5-13-8(11)6-12-7/h5-6H,3-4H2,1-2H3. The smallest absolute Gasteiger partial charge is 0.307 e. The van der Waals surface area contributed by atoms with E-state index < -0.39 is 0 Å². The molecule has 6 nitrogen and oxygen atoms in total. The largest absolute Gasteiger partial charge is 0.469 e. The van der Waals surface area contributed by atoms with Crippen LogP contribution in [0.5, 0.6) is 0 Å². The molecule has 0 aliphatic carbocycles. The van der Waals surface area contributed by atoms with E-state index in [1.54, 1.807) is 7.05 Å². The lowest BCUT2D eigenvalue weighted by Gasteiger charge is -2.15. The summed E-state index contributed by atoms with van der Waals surface area (Å²) in [7, 11) is 2.87. The summed E-state index contributed by atoms with van der Waals surface area (Å²) in [6.07, 6.45) is 2.72. The van der Waals surface area contributed by atoms with E-state index >= 15 is 0 Å². The minimum Gasteiger partial charge on any atom is -0.469 e. The predicted molar refractivity (Wildman–Crippen MR) is 60.6 cm³/mol. The number of ether oxygens (including phenoxy) is 1. The summed E-state index contributed by atoms with van der Waals surface area (Å²) in [4.78, 5) is 31.7. The third kappa shape index (κ3) is 3.99. The molecule has 92 valence electrons. The van der Waals surface area contributed by atoms with E-state index in [4.69, 9.17) is 11.6 Å². The van der Waals surface area contributed by atoms with E-state index in [0.29, 0.717) is 0 Å². The van der Waals surface area contributed by atoms with Gasteiger partial charge in [0.05, 0.1) is 25.9 Å². The maximum atomic E-state index is 11.8. The molecule has 1 heterocycles. The van der Waals surface area contributed by atoms with Crippen molar-refractivity contribution in [3.05, 3.63) is 23.2 Å². The number of aromatic nitrogens is 2. The molecule has 0 atom stereocenters. The molecule has 0 unspecified atom stereocenters. The van der Waals surface area contributed by atoms with E-state index in [-0.39, 0.29) is 35.7 Å².